The van der Waals surface area contributed by atoms with Gasteiger partial charge in [-0.2, -0.15) is 0 Å². The van der Waals surface area contributed by atoms with Crippen LogP contribution in [0.2, 0.25) is 0 Å². The largest absolute Gasteiger partial charge is 0.466 e. The second kappa shape index (κ2) is 7.16. The van der Waals surface area contributed by atoms with Crippen molar-refractivity contribution in [1.29, 1.82) is 0 Å². The molecule has 1 aliphatic rings. The molecular weight excluding hydrogens is 258 g/mol. The van der Waals surface area contributed by atoms with Gasteiger partial charge in [-0.15, -0.1) is 0 Å². The van der Waals surface area contributed by atoms with Crippen molar-refractivity contribution < 1.29 is 9.53 Å². The number of esters is 1. The van der Waals surface area contributed by atoms with E-state index in [0.717, 1.165) is 38.2 Å². The van der Waals surface area contributed by atoms with Crippen LogP contribution in [-0.4, -0.2) is 40.5 Å². The van der Waals surface area contributed by atoms with Crippen LogP contribution in [0.3, 0.4) is 0 Å². The Bertz CT molecular complexity index is 429. The normalized spacial score (nSPS) is 16.9. The van der Waals surface area contributed by atoms with Crippen LogP contribution in [-0.2, 0) is 16.1 Å². The molecule has 0 aromatic carbocycles. The van der Waals surface area contributed by atoms with Crippen molar-refractivity contribution in [2.75, 3.05) is 25.1 Å². The van der Waals surface area contributed by atoms with Crippen LogP contribution in [0.25, 0.3) is 0 Å². The third kappa shape index (κ3) is 3.88. The Labute approximate surface area is 118 Å². The number of piperidine rings is 1. The molecule has 20 heavy (non-hydrogen) atoms. The highest BCUT2D eigenvalue weighted by Gasteiger charge is 2.25. The highest BCUT2D eigenvalue weighted by Crippen LogP contribution is 2.19. The molecule has 7 heteroatoms. The Morgan fingerprint density at radius 2 is 2.20 bits per heavy atom. The van der Waals surface area contributed by atoms with Gasteiger partial charge in [0.05, 0.1) is 30.6 Å². The number of nitrogens with zero attached hydrogens (tertiary/aromatic N) is 3. The molecule has 2 rings (SSSR count). The minimum Gasteiger partial charge on any atom is -0.466 e. The maximum Gasteiger partial charge on any atom is 0.309 e. The van der Waals surface area contributed by atoms with Gasteiger partial charge in [-0.1, -0.05) is 0 Å². The van der Waals surface area contributed by atoms with Gasteiger partial charge in [-0.25, -0.2) is 10.8 Å². The predicted octanol–water partition coefficient (Wildman–Crippen LogP) is 0.537. The molecule has 2 heterocycles. The van der Waals surface area contributed by atoms with Gasteiger partial charge in [0, 0.05) is 6.54 Å². The highest BCUT2D eigenvalue weighted by atomic mass is 16.5. The van der Waals surface area contributed by atoms with Crippen molar-refractivity contribution in [3.63, 3.8) is 0 Å². The number of likely N-dealkylation sites (tertiary alicyclic amines) is 1. The lowest BCUT2D eigenvalue weighted by Crippen LogP contribution is -2.36. The van der Waals surface area contributed by atoms with Gasteiger partial charge in [-0.05, 0) is 32.9 Å². The zero-order chi connectivity index (χ0) is 14.4. The summed E-state index contributed by atoms with van der Waals surface area (Å²) >= 11 is 0. The highest BCUT2D eigenvalue weighted by molar-refractivity contribution is 5.72. The molecule has 110 valence electrons. The van der Waals surface area contributed by atoms with E-state index in [1.165, 1.54) is 0 Å². The van der Waals surface area contributed by atoms with Crippen molar-refractivity contribution in [1.82, 2.24) is 14.9 Å². The molecule has 1 fully saturated rings. The summed E-state index contributed by atoms with van der Waals surface area (Å²) in [4.78, 5) is 22.3. The van der Waals surface area contributed by atoms with E-state index in [9.17, 15) is 4.79 Å². The van der Waals surface area contributed by atoms with E-state index in [1.54, 1.807) is 12.4 Å². The van der Waals surface area contributed by atoms with Gasteiger partial charge in [0.2, 0.25) is 0 Å². The molecule has 3 N–H and O–H groups in total. The second-order valence-electron chi connectivity index (χ2n) is 4.84. The summed E-state index contributed by atoms with van der Waals surface area (Å²) in [6.45, 7) is 4.79. The van der Waals surface area contributed by atoms with Gasteiger partial charge in [0.15, 0.2) is 5.82 Å². The molecule has 0 aliphatic carbocycles. The Kier molecular flexibility index (Phi) is 5.25. The van der Waals surface area contributed by atoms with E-state index in [4.69, 9.17) is 10.6 Å². The number of ether oxygens (including phenoxy) is 1. The van der Waals surface area contributed by atoms with E-state index in [-0.39, 0.29) is 11.9 Å². The summed E-state index contributed by atoms with van der Waals surface area (Å²) in [5, 5.41) is 0. The average Bonchev–Trinajstić information content (AvgIpc) is 2.49. The lowest BCUT2D eigenvalue weighted by atomic mass is 9.97. The van der Waals surface area contributed by atoms with E-state index in [2.05, 4.69) is 20.3 Å². The molecule has 0 saturated carbocycles. The molecule has 1 aromatic heterocycles. The molecule has 0 atom stereocenters. The number of nitrogen functional groups attached to an aromatic ring is 1. The summed E-state index contributed by atoms with van der Waals surface area (Å²) in [5.74, 6) is 5.77. The molecule has 0 bridgehead atoms. The minimum atomic E-state index is -0.0645. The summed E-state index contributed by atoms with van der Waals surface area (Å²) in [6.07, 6.45) is 5.01. The lowest BCUT2D eigenvalue weighted by Gasteiger charge is -2.30. The van der Waals surface area contributed by atoms with Gasteiger partial charge in [-0.3, -0.25) is 14.7 Å². The van der Waals surface area contributed by atoms with Crippen molar-refractivity contribution in [3.05, 3.63) is 18.1 Å². The number of rotatable bonds is 5. The van der Waals surface area contributed by atoms with Crippen LogP contribution >= 0.6 is 0 Å². The van der Waals surface area contributed by atoms with Gasteiger partial charge in [0.25, 0.3) is 0 Å². The monoisotopic (exact) mass is 279 g/mol. The molecule has 1 aliphatic heterocycles. The number of nitrogens with one attached hydrogen (secondary N) is 1. The van der Waals surface area contributed by atoms with Crippen molar-refractivity contribution in [3.8, 4) is 0 Å². The van der Waals surface area contributed by atoms with Crippen LogP contribution in [0, 0.1) is 5.92 Å². The number of carbonyl (C=O) groups is 1. The summed E-state index contributed by atoms with van der Waals surface area (Å²) < 4.78 is 5.06. The van der Waals surface area contributed by atoms with Crippen LogP contribution in [0.15, 0.2) is 12.4 Å². The molecule has 1 saturated heterocycles. The fourth-order valence-corrected chi connectivity index (χ4v) is 2.33. The number of hydrogen-bond donors (Lipinski definition) is 2. The quantitative estimate of drug-likeness (QED) is 0.461. The van der Waals surface area contributed by atoms with Gasteiger partial charge in [0.1, 0.15) is 0 Å². The van der Waals surface area contributed by atoms with Crippen LogP contribution < -0.4 is 11.3 Å². The Balaban J connectivity index is 1.80. The van der Waals surface area contributed by atoms with Gasteiger partial charge < -0.3 is 10.2 Å². The van der Waals surface area contributed by atoms with E-state index in [1.807, 2.05) is 6.92 Å². The fraction of sp³-hybridized carbons (Fsp3) is 0.615. The van der Waals surface area contributed by atoms with Crippen molar-refractivity contribution >= 4 is 11.8 Å². The number of nitrogens with two attached hydrogens (primary N) is 1. The van der Waals surface area contributed by atoms with E-state index in [0.29, 0.717) is 12.4 Å². The van der Waals surface area contributed by atoms with Crippen LogP contribution in [0.4, 0.5) is 5.82 Å². The summed E-state index contributed by atoms with van der Waals surface area (Å²) in [5.41, 5.74) is 3.35. The SMILES string of the molecule is CCOC(=O)C1CCN(Cc2cnc(NN)cn2)CC1. The third-order valence-corrected chi connectivity index (χ3v) is 3.45. The molecule has 0 unspecified atom stereocenters. The Morgan fingerprint density at radius 3 is 2.75 bits per heavy atom. The topological polar surface area (TPSA) is 93.4 Å². The standard InChI is InChI=1S/C13H21N5O2/c1-2-20-13(19)10-3-5-18(6-4-10)9-11-7-16-12(17-14)8-15-11/h7-8,10H,2-6,9,14H2,1H3,(H,16,17). The Morgan fingerprint density at radius 1 is 1.45 bits per heavy atom. The zero-order valence-corrected chi connectivity index (χ0v) is 11.7. The molecule has 0 radical (unpaired) electrons. The number of hydrogen-bond acceptors (Lipinski definition) is 7. The van der Waals surface area contributed by atoms with Gasteiger partial charge >= 0.3 is 5.97 Å². The second-order valence-corrected chi connectivity index (χ2v) is 4.84. The number of aromatic nitrogens is 2. The van der Waals surface area contributed by atoms with Crippen molar-refractivity contribution in [2.24, 2.45) is 11.8 Å². The first kappa shape index (κ1) is 14.7. The van der Waals surface area contributed by atoms with Crippen molar-refractivity contribution in [2.45, 2.75) is 26.3 Å². The Hall–Kier alpha value is -1.73. The first-order chi connectivity index (χ1) is 9.72. The minimum absolute atomic E-state index is 0.0427. The maximum absolute atomic E-state index is 11.7. The molecular formula is C13H21N5O2. The lowest BCUT2D eigenvalue weighted by molar-refractivity contribution is -0.149. The van der Waals surface area contributed by atoms with E-state index >= 15 is 0 Å². The summed E-state index contributed by atoms with van der Waals surface area (Å²) in [7, 11) is 0. The van der Waals surface area contributed by atoms with Crippen LogP contribution in [0.1, 0.15) is 25.5 Å². The summed E-state index contributed by atoms with van der Waals surface area (Å²) in [6, 6.07) is 0. The van der Waals surface area contributed by atoms with Crippen LogP contribution in [0.5, 0.6) is 0 Å². The first-order valence-electron chi connectivity index (χ1n) is 6.89. The predicted molar refractivity (Wildman–Crippen MR) is 74.5 cm³/mol. The average molecular weight is 279 g/mol. The number of hydrazine groups is 1. The number of anilines is 1. The molecule has 0 amide bonds. The third-order valence-electron chi connectivity index (χ3n) is 3.45. The number of carbonyl (C=O) groups excluding carboxylic acids is 1. The maximum atomic E-state index is 11.7. The zero-order valence-electron chi connectivity index (χ0n) is 11.7. The molecule has 7 nitrogen and oxygen atoms in total. The fourth-order valence-electron chi connectivity index (χ4n) is 2.33. The molecule has 0 spiro atoms. The van der Waals surface area contributed by atoms with E-state index < -0.39 is 0 Å². The first-order valence-corrected chi connectivity index (χ1v) is 6.89. The molecule has 1 aromatic rings. The smallest absolute Gasteiger partial charge is 0.309 e.